The van der Waals surface area contributed by atoms with E-state index in [9.17, 15) is 46.0 Å². The quantitative estimate of drug-likeness (QED) is 0.0546. The van der Waals surface area contributed by atoms with Crippen molar-refractivity contribution in [1.82, 2.24) is 4.90 Å². The maximum absolute atomic E-state index is 10.4. The number of benzene rings is 1. The molecule has 11 N–H and O–H groups in total. The van der Waals surface area contributed by atoms with E-state index in [1.165, 1.54) is 4.90 Å². The highest BCUT2D eigenvalue weighted by molar-refractivity contribution is 7.97. The topological polar surface area (TPSA) is 235 Å². The third-order valence-electron chi connectivity index (χ3n) is 6.06. The van der Waals surface area contributed by atoms with Crippen molar-refractivity contribution < 1.29 is 60.9 Å². The average molecular weight is 620 g/mol. The van der Waals surface area contributed by atoms with Crippen molar-refractivity contribution in [3.8, 4) is 5.75 Å². The summed E-state index contributed by atoms with van der Waals surface area (Å²) in [7, 11) is 0. The Hall–Kier alpha value is -0.950. The second-order valence-corrected chi connectivity index (χ2v) is 10.8. The summed E-state index contributed by atoms with van der Waals surface area (Å²) in [4.78, 5) is 1.36. The lowest BCUT2D eigenvalue weighted by molar-refractivity contribution is -0.130. The van der Waals surface area contributed by atoms with E-state index in [1.807, 2.05) is 19.9 Å². The first kappa shape index (κ1) is 39.0. The normalized spacial score (nSPS) is 18.6. The summed E-state index contributed by atoms with van der Waals surface area (Å²) >= 11 is 0.770. The Kier molecular flexibility index (Phi) is 19.6. The molecule has 0 amide bonds. The number of hydrogen-bond acceptors (Lipinski definition) is 12. The minimum absolute atomic E-state index is 0. The van der Waals surface area contributed by atoms with E-state index in [2.05, 4.69) is 0 Å². The van der Waals surface area contributed by atoms with Crippen LogP contribution in [0.5, 0.6) is 5.75 Å². The van der Waals surface area contributed by atoms with Gasteiger partial charge in [-0.3, -0.25) is 4.90 Å². The fraction of sp³-hybridized carbons (Fsp3) is 0.720. The molecule has 0 aromatic heterocycles. The molecule has 13 nitrogen and oxygen atoms in total. The standard InChI is InChI=1S/C25H45NO12S.ClH/c1-14(2)25(37)39-13-15-4-3-5-16(8-15)38-7-6-26(9-17(29)21(33)23(35)19(31)11-27)10-18(30)22(34)24(36)20(32)12-28;/h3-5,8,14,17-24,27-37,39H,6-7,9-13H2,1-2H3;1H/t17-,18-,19-,20-,21-,22-,23-,24-;/m1./s1. The van der Waals surface area contributed by atoms with Crippen LogP contribution in [-0.2, 0) is 5.75 Å². The highest BCUT2D eigenvalue weighted by Gasteiger charge is 2.34. The zero-order valence-corrected chi connectivity index (χ0v) is 24.3. The third-order valence-corrected chi connectivity index (χ3v) is 7.42. The molecule has 0 aliphatic rings. The third kappa shape index (κ3) is 13.4. The van der Waals surface area contributed by atoms with Crippen LogP contribution in [0.2, 0.25) is 0 Å². The van der Waals surface area contributed by atoms with E-state index >= 15 is 0 Å². The summed E-state index contributed by atoms with van der Waals surface area (Å²) in [6.07, 6.45) is -14.2. The van der Waals surface area contributed by atoms with Gasteiger partial charge in [0.2, 0.25) is 0 Å². The van der Waals surface area contributed by atoms with Crippen LogP contribution in [0.15, 0.2) is 24.3 Å². The minimum atomic E-state index is -1.87. The van der Waals surface area contributed by atoms with Gasteiger partial charge >= 0.3 is 0 Å². The van der Waals surface area contributed by atoms with Crippen molar-refractivity contribution in [2.75, 3.05) is 39.5 Å². The summed E-state index contributed by atoms with van der Waals surface area (Å²) in [5.41, 5.74) is 0.920. The molecule has 1 aromatic rings. The first-order valence-electron chi connectivity index (χ1n) is 12.7. The van der Waals surface area contributed by atoms with Gasteiger partial charge in [-0.05, 0) is 17.7 Å². The van der Waals surface area contributed by atoms with Crippen LogP contribution in [0.4, 0.5) is 0 Å². The van der Waals surface area contributed by atoms with Gasteiger partial charge in [-0.15, -0.1) is 12.4 Å². The second-order valence-electron chi connectivity index (χ2n) is 9.68. The van der Waals surface area contributed by atoms with Crippen LogP contribution in [0.1, 0.15) is 19.4 Å². The van der Waals surface area contributed by atoms with E-state index in [0.717, 1.165) is 16.9 Å². The molecule has 8 atom stereocenters. The van der Waals surface area contributed by atoms with Crippen molar-refractivity contribution in [3.63, 3.8) is 0 Å². The number of thiol groups is 1. The van der Waals surface area contributed by atoms with Crippen molar-refractivity contribution in [2.45, 2.75) is 68.4 Å². The van der Waals surface area contributed by atoms with Gasteiger partial charge < -0.3 is 60.9 Å². The smallest absolute Gasteiger partial charge is 0.119 e. The molecule has 40 heavy (non-hydrogen) atoms. The lowest BCUT2D eigenvalue weighted by Gasteiger charge is -2.33. The van der Waals surface area contributed by atoms with E-state index in [4.69, 9.17) is 14.9 Å². The molecule has 0 saturated carbocycles. The lowest BCUT2D eigenvalue weighted by Crippen LogP contribution is -2.53. The number of ether oxygens (including phenoxy) is 1. The van der Waals surface area contributed by atoms with Crippen molar-refractivity contribution >= 4 is 28.8 Å². The predicted octanol–water partition coefficient (Wildman–Crippen LogP) is -3.03. The van der Waals surface area contributed by atoms with Crippen LogP contribution in [0, 0.1) is 5.92 Å². The van der Waals surface area contributed by atoms with Crippen molar-refractivity contribution in [1.29, 1.82) is 0 Å². The van der Waals surface area contributed by atoms with Crippen LogP contribution < -0.4 is 4.74 Å². The molecule has 15 heteroatoms. The molecular formula is C25H46ClNO12S. The highest BCUT2D eigenvalue weighted by Crippen LogP contribution is 2.17. The van der Waals surface area contributed by atoms with E-state index < -0.39 is 62.0 Å². The molecular weight excluding hydrogens is 574 g/mol. The van der Waals surface area contributed by atoms with E-state index in [-0.39, 0.29) is 44.6 Å². The Balaban J connectivity index is 0.0000152. The Morgan fingerprint density at radius 2 is 1.27 bits per heavy atom. The number of nitrogens with zero attached hydrogens (tertiary/aromatic N) is 1. The highest BCUT2D eigenvalue weighted by atomic mass is 35.5. The van der Waals surface area contributed by atoms with Gasteiger partial charge in [-0.2, -0.15) is 11.4 Å². The van der Waals surface area contributed by atoms with Crippen LogP contribution in [0.3, 0.4) is 0 Å². The summed E-state index contributed by atoms with van der Waals surface area (Å²) in [5, 5.41) is 108. The van der Waals surface area contributed by atoms with Crippen LogP contribution in [-0.4, -0.2) is 154 Å². The van der Waals surface area contributed by atoms with Gasteiger partial charge in [0.25, 0.3) is 0 Å². The number of hydrogen-bond donors (Lipinski definition) is 12. The SMILES string of the molecule is CC(C)C(O)=[SH]Cc1cccc(OCCN(C[C@@H](O)[C@@H](O)[C@H](O)[C@H](O)CO)C[C@@H](O)[C@@H](O)[C@H](O)[C@H](O)CO)c1.Cl. The van der Waals surface area contributed by atoms with Crippen molar-refractivity contribution in [2.24, 2.45) is 5.92 Å². The first-order chi connectivity index (χ1) is 18.3. The molecule has 0 spiro atoms. The number of halogens is 1. The summed E-state index contributed by atoms with van der Waals surface area (Å²) < 4.78 is 5.77. The average Bonchev–Trinajstić information content (AvgIpc) is 2.93. The van der Waals surface area contributed by atoms with Gasteiger partial charge in [0.15, 0.2) is 0 Å². The fourth-order valence-corrected chi connectivity index (χ4v) is 4.42. The van der Waals surface area contributed by atoms with Gasteiger partial charge in [0, 0.05) is 31.3 Å². The summed E-state index contributed by atoms with van der Waals surface area (Å²) in [6.45, 7) is 1.35. The van der Waals surface area contributed by atoms with E-state index in [0.29, 0.717) is 16.6 Å². The number of rotatable bonds is 19. The zero-order chi connectivity index (χ0) is 29.7. The zero-order valence-electron chi connectivity index (χ0n) is 22.6. The molecule has 0 bridgehead atoms. The molecule has 0 aliphatic carbocycles. The molecule has 0 radical (unpaired) electrons. The maximum atomic E-state index is 10.4. The predicted molar refractivity (Wildman–Crippen MR) is 153 cm³/mol. The van der Waals surface area contributed by atoms with Gasteiger partial charge in [0.1, 0.15) is 49.0 Å². The Bertz CT molecular complexity index is 824. The van der Waals surface area contributed by atoms with Crippen LogP contribution >= 0.6 is 23.8 Å². The Labute approximate surface area is 243 Å². The molecule has 1 aromatic carbocycles. The fourth-order valence-electron chi connectivity index (χ4n) is 3.51. The first-order valence-corrected chi connectivity index (χ1v) is 13.7. The Morgan fingerprint density at radius 3 is 1.73 bits per heavy atom. The van der Waals surface area contributed by atoms with Gasteiger partial charge in [-0.1, -0.05) is 26.0 Å². The minimum Gasteiger partial charge on any atom is -0.492 e. The van der Waals surface area contributed by atoms with Crippen molar-refractivity contribution in [3.05, 3.63) is 29.8 Å². The molecule has 1 rings (SSSR count). The number of aliphatic hydroxyl groups is 11. The molecule has 0 unspecified atom stereocenters. The van der Waals surface area contributed by atoms with Crippen LogP contribution in [0.25, 0.3) is 0 Å². The van der Waals surface area contributed by atoms with Gasteiger partial charge in [-0.25, -0.2) is 0 Å². The number of aliphatic hydroxyl groups excluding tert-OH is 11. The van der Waals surface area contributed by atoms with E-state index in [1.54, 1.807) is 18.2 Å². The molecule has 0 aliphatic heterocycles. The monoisotopic (exact) mass is 619 g/mol. The summed E-state index contributed by atoms with van der Waals surface area (Å²) in [5.74, 6) is 1.13. The molecule has 0 heterocycles. The molecule has 236 valence electrons. The molecule has 0 fully saturated rings. The largest absolute Gasteiger partial charge is 0.492 e. The Morgan fingerprint density at radius 1 is 0.800 bits per heavy atom. The maximum Gasteiger partial charge on any atom is 0.119 e. The lowest BCUT2D eigenvalue weighted by atomic mass is 10.0. The molecule has 0 saturated heterocycles. The van der Waals surface area contributed by atoms with Gasteiger partial charge in [0.05, 0.1) is 30.5 Å². The second kappa shape index (κ2) is 20.0. The summed E-state index contributed by atoms with van der Waals surface area (Å²) in [6, 6.07) is 7.18.